The molecule has 5 unspecified atom stereocenters. The Bertz CT molecular complexity index is 746. The average Bonchev–Trinajstić information content (AvgIpc) is 3.27. The molecular formula is C31H56O9. The summed E-state index contributed by atoms with van der Waals surface area (Å²) < 4.78 is 29.9. The third-order valence-electron chi connectivity index (χ3n) is 8.99. The fourth-order valence-electron chi connectivity index (χ4n) is 6.32. The highest BCUT2D eigenvalue weighted by Gasteiger charge is 2.51. The highest BCUT2D eigenvalue weighted by atomic mass is 16.6. The summed E-state index contributed by atoms with van der Waals surface area (Å²) in [6.07, 6.45) is 3.44. The molecule has 11 atom stereocenters. The van der Waals surface area contributed by atoms with Gasteiger partial charge in [-0.05, 0) is 44.1 Å². The normalized spacial score (nSPS) is 32.1. The van der Waals surface area contributed by atoms with Gasteiger partial charge in [0.25, 0.3) is 0 Å². The third kappa shape index (κ3) is 9.83. The van der Waals surface area contributed by atoms with Crippen molar-refractivity contribution in [3.05, 3.63) is 12.2 Å². The zero-order valence-electron chi connectivity index (χ0n) is 25.6. The molecule has 0 aliphatic carbocycles. The van der Waals surface area contributed by atoms with Crippen LogP contribution in [0.3, 0.4) is 0 Å². The van der Waals surface area contributed by atoms with Crippen LogP contribution in [0.5, 0.6) is 0 Å². The molecular weight excluding hydrogens is 516 g/mol. The summed E-state index contributed by atoms with van der Waals surface area (Å²) in [7, 11) is 4.81. The van der Waals surface area contributed by atoms with E-state index in [0.717, 1.165) is 37.7 Å². The lowest BCUT2D eigenvalue weighted by molar-refractivity contribution is -0.132. The number of ether oxygens (including phenoxy) is 5. The first-order valence-electron chi connectivity index (χ1n) is 15.1. The Balaban J connectivity index is 2.29. The second-order valence-electron chi connectivity index (χ2n) is 11.8. The summed E-state index contributed by atoms with van der Waals surface area (Å²) in [4.78, 5) is 13.7. The largest absolute Gasteiger partial charge is 0.396 e. The van der Waals surface area contributed by atoms with Crippen LogP contribution in [0.1, 0.15) is 78.6 Å². The van der Waals surface area contributed by atoms with Crippen LogP contribution >= 0.6 is 0 Å². The van der Waals surface area contributed by atoms with Crippen LogP contribution in [-0.4, -0.2) is 104 Å². The molecule has 3 N–H and O–H groups in total. The minimum atomic E-state index is -0.981. The van der Waals surface area contributed by atoms with Crippen LogP contribution in [0.15, 0.2) is 12.2 Å². The molecule has 40 heavy (non-hydrogen) atoms. The molecule has 0 aromatic heterocycles. The Morgan fingerprint density at radius 1 is 1.10 bits per heavy atom. The number of hydrogen-bond acceptors (Lipinski definition) is 9. The fraction of sp³-hybridized carbons (Fsp3) is 0.903. The first-order chi connectivity index (χ1) is 19.1. The zero-order chi connectivity index (χ0) is 29.8. The SMILES string of the molecule is C=C1C(C[C@@H]2O[C@H](CC(O)CO)[C@H](OC)C2C(CO)C(=O)CC(CC[C@@H](C)OC)OC)O[C@@H](CCCC)C[C@H]1C. The minimum absolute atomic E-state index is 0.0534. The summed E-state index contributed by atoms with van der Waals surface area (Å²) in [5, 5.41) is 30.3. The van der Waals surface area contributed by atoms with E-state index < -0.39 is 42.9 Å². The van der Waals surface area contributed by atoms with E-state index in [0.29, 0.717) is 18.8 Å². The molecule has 9 nitrogen and oxygen atoms in total. The molecule has 0 amide bonds. The van der Waals surface area contributed by atoms with Gasteiger partial charge < -0.3 is 39.0 Å². The first kappa shape index (κ1) is 35.3. The van der Waals surface area contributed by atoms with Crippen molar-refractivity contribution in [2.24, 2.45) is 17.8 Å². The van der Waals surface area contributed by atoms with Gasteiger partial charge >= 0.3 is 0 Å². The summed E-state index contributed by atoms with van der Waals surface area (Å²) in [5.74, 6) is -1.01. The van der Waals surface area contributed by atoms with Crippen LogP contribution in [0, 0.1) is 17.8 Å². The van der Waals surface area contributed by atoms with Gasteiger partial charge in [-0.25, -0.2) is 0 Å². The van der Waals surface area contributed by atoms with E-state index in [9.17, 15) is 20.1 Å². The van der Waals surface area contributed by atoms with E-state index >= 15 is 0 Å². The van der Waals surface area contributed by atoms with Gasteiger partial charge in [0.1, 0.15) is 5.78 Å². The van der Waals surface area contributed by atoms with E-state index in [1.165, 1.54) is 0 Å². The molecule has 2 heterocycles. The molecule has 0 aromatic rings. The number of hydrogen-bond donors (Lipinski definition) is 3. The number of carbonyl (C=O) groups excluding carboxylic acids is 1. The number of aliphatic hydroxyl groups is 3. The van der Waals surface area contributed by atoms with Crippen LogP contribution in [-0.2, 0) is 28.5 Å². The number of ketones is 1. The van der Waals surface area contributed by atoms with Crippen molar-refractivity contribution in [1.82, 2.24) is 0 Å². The maximum atomic E-state index is 13.7. The van der Waals surface area contributed by atoms with Gasteiger partial charge in [-0.15, -0.1) is 0 Å². The number of unbranched alkanes of at least 4 members (excludes halogenated alkanes) is 1. The van der Waals surface area contributed by atoms with Crippen LogP contribution in [0.25, 0.3) is 0 Å². The van der Waals surface area contributed by atoms with E-state index in [1.807, 2.05) is 6.92 Å². The third-order valence-corrected chi connectivity index (χ3v) is 8.99. The molecule has 0 radical (unpaired) electrons. The topological polar surface area (TPSA) is 124 Å². The number of aliphatic hydroxyl groups excluding tert-OH is 3. The molecule has 0 bridgehead atoms. The Morgan fingerprint density at radius 3 is 2.40 bits per heavy atom. The maximum Gasteiger partial charge on any atom is 0.141 e. The highest BCUT2D eigenvalue weighted by Crippen LogP contribution is 2.42. The van der Waals surface area contributed by atoms with Gasteiger partial charge in [0.15, 0.2) is 0 Å². The second-order valence-corrected chi connectivity index (χ2v) is 11.8. The van der Waals surface area contributed by atoms with E-state index in [1.54, 1.807) is 21.3 Å². The molecule has 2 saturated heterocycles. The van der Waals surface area contributed by atoms with E-state index in [2.05, 4.69) is 20.4 Å². The van der Waals surface area contributed by atoms with Crippen molar-refractivity contribution < 1.29 is 43.8 Å². The van der Waals surface area contributed by atoms with E-state index in [4.69, 9.17) is 23.7 Å². The molecule has 234 valence electrons. The van der Waals surface area contributed by atoms with Gasteiger partial charge in [-0.3, -0.25) is 4.79 Å². The van der Waals surface area contributed by atoms with Gasteiger partial charge in [-0.1, -0.05) is 33.3 Å². The van der Waals surface area contributed by atoms with Crippen molar-refractivity contribution in [2.45, 2.75) is 127 Å². The Morgan fingerprint density at radius 2 is 1.82 bits per heavy atom. The molecule has 2 aliphatic rings. The Labute approximate surface area is 241 Å². The molecule has 2 fully saturated rings. The molecule has 0 aromatic carbocycles. The summed E-state index contributed by atoms with van der Waals surface area (Å²) in [5.41, 5.74) is 1.02. The lowest BCUT2D eigenvalue weighted by Crippen LogP contribution is -2.44. The van der Waals surface area contributed by atoms with Gasteiger partial charge in [0.2, 0.25) is 0 Å². The highest BCUT2D eigenvalue weighted by molar-refractivity contribution is 5.82. The number of rotatable bonds is 19. The molecule has 0 spiro atoms. The quantitative estimate of drug-likeness (QED) is 0.200. The van der Waals surface area contributed by atoms with Gasteiger partial charge in [0, 0.05) is 52.4 Å². The monoisotopic (exact) mass is 572 g/mol. The summed E-state index contributed by atoms with van der Waals surface area (Å²) in [6, 6.07) is 0. The predicted octanol–water partition coefficient (Wildman–Crippen LogP) is 3.46. The summed E-state index contributed by atoms with van der Waals surface area (Å²) in [6.45, 7) is 9.91. The lowest BCUT2D eigenvalue weighted by Gasteiger charge is -2.38. The summed E-state index contributed by atoms with van der Waals surface area (Å²) >= 11 is 0. The molecule has 9 heteroatoms. The number of carbonyl (C=O) groups is 1. The Hall–Kier alpha value is -0.910. The maximum absolute atomic E-state index is 13.7. The minimum Gasteiger partial charge on any atom is -0.396 e. The van der Waals surface area contributed by atoms with Gasteiger partial charge in [0.05, 0.1) is 62.0 Å². The molecule has 2 rings (SSSR count). The van der Waals surface area contributed by atoms with Gasteiger partial charge in [-0.2, -0.15) is 0 Å². The van der Waals surface area contributed by atoms with Crippen molar-refractivity contribution >= 4 is 5.78 Å². The van der Waals surface area contributed by atoms with Crippen molar-refractivity contribution in [3.63, 3.8) is 0 Å². The van der Waals surface area contributed by atoms with Crippen LogP contribution < -0.4 is 0 Å². The fourth-order valence-corrected chi connectivity index (χ4v) is 6.32. The van der Waals surface area contributed by atoms with E-state index in [-0.39, 0.29) is 49.6 Å². The predicted molar refractivity (Wildman–Crippen MR) is 153 cm³/mol. The first-order valence-corrected chi connectivity index (χ1v) is 15.1. The number of methoxy groups -OCH3 is 3. The van der Waals surface area contributed by atoms with Crippen molar-refractivity contribution in [2.75, 3.05) is 34.5 Å². The molecule has 2 aliphatic heterocycles. The molecule has 0 saturated carbocycles. The average molecular weight is 573 g/mol. The second kappa shape index (κ2) is 17.9. The zero-order valence-corrected chi connectivity index (χ0v) is 25.6. The lowest BCUT2D eigenvalue weighted by atomic mass is 9.76. The van der Waals surface area contributed by atoms with Crippen molar-refractivity contribution in [1.29, 1.82) is 0 Å². The van der Waals surface area contributed by atoms with Crippen LogP contribution in [0.2, 0.25) is 0 Å². The Kier molecular flexibility index (Phi) is 15.8. The van der Waals surface area contributed by atoms with Crippen LogP contribution in [0.4, 0.5) is 0 Å². The smallest absolute Gasteiger partial charge is 0.141 e. The van der Waals surface area contributed by atoms with Crippen molar-refractivity contribution in [3.8, 4) is 0 Å². The number of Topliss-reactive ketones (excluding diaryl/α,β-unsaturated/α-hetero) is 1. The standard InChI is InChI=1S/C31H56O9/c1-8-9-10-24-13-19(2)21(4)27(39-24)16-28-30(31(38-7)29(40-28)14-22(34)17-32)25(18-33)26(35)15-23(37-6)12-11-20(3)36-5/h19-20,22-25,27-34H,4,8-18H2,1-3,5-7H3/t19-,20-,22?,23?,24+,25?,27?,28+,29-,30?,31+/m1/s1.